The molecule has 2 fully saturated rings. The summed E-state index contributed by atoms with van der Waals surface area (Å²) in [6.07, 6.45) is -0.0729. The molecule has 3 aromatic carbocycles. The highest BCUT2D eigenvalue weighted by atomic mass is 31.2. The van der Waals surface area contributed by atoms with Gasteiger partial charge in [-0.15, -0.1) is 0 Å². The van der Waals surface area contributed by atoms with Gasteiger partial charge in [-0.3, -0.25) is 14.2 Å². The summed E-state index contributed by atoms with van der Waals surface area (Å²) in [7, 11) is -3.51. The Balaban J connectivity index is 1.62. The standard InChI is InChI=1S/C26H26N3O3P/c1-19-10-9-11-20(2)25(19)29-24(30)18-23(26(29)31)33(32)27(21-12-5-3-6-13-21)16-17-28(33)22-14-7-4-8-15-22/h3-15,23H,16-18H2,1-2H3. The van der Waals surface area contributed by atoms with Crippen LogP contribution in [0.1, 0.15) is 17.5 Å². The first-order valence-corrected chi connectivity index (χ1v) is 12.8. The van der Waals surface area contributed by atoms with Crippen LogP contribution in [0.5, 0.6) is 0 Å². The van der Waals surface area contributed by atoms with Crippen LogP contribution in [-0.2, 0) is 14.2 Å². The van der Waals surface area contributed by atoms with Crippen molar-refractivity contribution in [1.29, 1.82) is 0 Å². The van der Waals surface area contributed by atoms with Crippen LogP contribution in [0.3, 0.4) is 0 Å². The SMILES string of the molecule is Cc1cccc(C)c1N1C(=O)CC(P2(=O)N(c3ccccc3)CCN2c2ccccc2)C1=O. The fraction of sp³-hybridized carbons (Fsp3) is 0.231. The van der Waals surface area contributed by atoms with E-state index in [1.807, 2.05) is 102 Å². The molecular formula is C26H26N3O3P. The van der Waals surface area contributed by atoms with Gasteiger partial charge >= 0.3 is 0 Å². The van der Waals surface area contributed by atoms with Gasteiger partial charge in [0, 0.05) is 30.9 Å². The van der Waals surface area contributed by atoms with E-state index in [-0.39, 0.29) is 18.2 Å². The van der Waals surface area contributed by atoms with Gasteiger partial charge in [0.15, 0.2) is 0 Å². The van der Waals surface area contributed by atoms with Crippen molar-refractivity contribution in [2.24, 2.45) is 0 Å². The number of para-hydroxylation sites is 3. The number of imide groups is 1. The summed E-state index contributed by atoms with van der Waals surface area (Å²) in [5.74, 6) is -0.685. The van der Waals surface area contributed by atoms with Crippen molar-refractivity contribution in [2.45, 2.75) is 25.9 Å². The van der Waals surface area contributed by atoms with Gasteiger partial charge in [0.1, 0.15) is 5.66 Å². The topological polar surface area (TPSA) is 60.9 Å². The molecule has 0 aromatic heterocycles. The van der Waals surface area contributed by atoms with Gasteiger partial charge < -0.3 is 9.34 Å². The largest absolute Gasteiger partial charge is 0.304 e. The average Bonchev–Trinajstić information content (AvgIpc) is 3.32. The van der Waals surface area contributed by atoms with Crippen molar-refractivity contribution in [3.05, 3.63) is 90.0 Å². The Kier molecular flexibility index (Phi) is 5.34. The number of carbonyl (C=O) groups excluding carboxylic acids is 2. The molecule has 0 saturated carbocycles. The maximum Gasteiger partial charge on any atom is 0.275 e. The fourth-order valence-electron chi connectivity index (χ4n) is 5.00. The summed E-state index contributed by atoms with van der Waals surface area (Å²) in [6.45, 7) is 4.80. The molecule has 0 bridgehead atoms. The predicted molar refractivity (Wildman–Crippen MR) is 132 cm³/mol. The number of amides is 2. The van der Waals surface area contributed by atoms with Crippen molar-refractivity contribution >= 4 is 36.3 Å². The summed E-state index contributed by atoms with van der Waals surface area (Å²) >= 11 is 0. The monoisotopic (exact) mass is 459 g/mol. The summed E-state index contributed by atoms with van der Waals surface area (Å²) in [5, 5.41) is 0. The van der Waals surface area contributed by atoms with Crippen LogP contribution in [0, 0.1) is 13.8 Å². The minimum atomic E-state index is -3.51. The second kappa shape index (κ2) is 8.20. The molecule has 2 heterocycles. The number of anilines is 3. The molecule has 1 unspecified atom stereocenters. The highest BCUT2D eigenvalue weighted by Gasteiger charge is 2.58. The van der Waals surface area contributed by atoms with Crippen molar-refractivity contribution in [2.75, 3.05) is 27.3 Å². The third kappa shape index (κ3) is 3.37. The lowest BCUT2D eigenvalue weighted by Gasteiger charge is -2.35. The van der Waals surface area contributed by atoms with Crippen LogP contribution in [0.25, 0.3) is 0 Å². The van der Waals surface area contributed by atoms with Crippen LogP contribution in [0.15, 0.2) is 78.9 Å². The highest BCUT2D eigenvalue weighted by molar-refractivity contribution is 7.69. The number of benzene rings is 3. The van der Waals surface area contributed by atoms with Crippen LogP contribution in [0.4, 0.5) is 17.1 Å². The number of nitrogens with zero attached hydrogens (tertiary/aromatic N) is 3. The normalized spacial score (nSPS) is 20.1. The quantitative estimate of drug-likeness (QED) is 0.399. The van der Waals surface area contributed by atoms with Gasteiger partial charge in [-0.1, -0.05) is 54.6 Å². The van der Waals surface area contributed by atoms with Gasteiger partial charge in [-0.25, -0.2) is 4.90 Å². The van der Waals surface area contributed by atoms with E-state index >= 15 is 4.57 Å². The fourth-order valence-corrected chi connectivity index (χ4v) is 8.42. The molecule has 33 heavy (non-hydrogen) atoms. The lowest BCUT2D eigenvalue weighted by molar-refractivity contribution is -0.121. The Hall–Kier alpha value is -3.37. The second-order valence-corrected chi connectivity index (χ2v) is 11.3. The van der Waals surface area contributed by atoms with Gasteiger partial charge in [-0.2, -0.15) is 0 Å². The molecule has 2 aliphatic rings. The molecule has 2 saturated heterocycles. The van der Waals surface area contributed by atoms with E-state index in [1.165, 1.54) is 4.90 Å². The molecule has 6 nitrogen and oxygen atoms in total. The summed E-state index contributed by atoms with van der Waals surface area (Å²) in [5.41, 5.74) is 2.96. The maximum absolute atomic E-state index is 15.0. The van der Waals surface area contributed by atoms with Gasteiger partial charge in [-0.05, 0) is 49.2 Å². The number of hydrogen-bond donors (Lipinski definition) is 0. The first-order chi connectivity index (χ1) is 15.9. The number of carbonyl (C=O) groups is 2. The van der Waals surface area contributed by atoms with E-state index in [9.17, 15) is 9.59 Å². The molecule has 7 heteroatoms. The molecule has 2 aliphatic heterocycles. The van der Waals surface area contributed by atoms with Gasteiger partial charge in [0.25, 0.3) is 7.44 Å². The van der Waals surface area contributed by atoms with Gasteiger partial charge in [0.05, 0.1) is 5.69 Å². The molecule has 168 valence electrons. The number of aryl methyl sites for hydroxylation is 2. The summed E-state index contributed by atoms with van der Waals surface area (Å²) < 4.78 is 18.7. The third-order valence-electron chi connectivity index (χ3n) is 6.52. The van der Waals surface area contributed by atoms with Crippen molar-refractivity contribution in [3.8, 4) is 0 Å². The zero-order chi connectivity index (χ0) is 23.2. The minimum absolute atomic E-state index is 0.0729. The number of hydrogen-bond acceptors (Lipinski definition) is 3. The smallest absolute Gasteiger partial charge is 0.275 e. The van der Waals surface area contributed by atoms with E-state index in [0.29, 0.717) is 18.8 Å². The first kappa shape index (κ1) is 21.5. The summed E-state index contributed by atoms with van der Waals surface area (Å²) in [4.78, 5) is 28.3. The zero-order valence-corrected chi connectivity index (χ0v) is 19.6. The van der Waals surface area contributed by atoms with E-state index in [1.54, 1.807) is 0 Å². The molecule has 3 aromatic rings. The maximum atomic E-state index is 15.0. The Morgan fingerprint density at radius 3 is 1.70 bits per heavy atom. The lowest BCUT2D eigenvalue weighted by atomic mass is 10.1. The second-order valence-electron chi connectivity index (χ2n) is 8.53. The van der Waals surface area contributed by atoms with E-state index in [0.717, 1.165) is 22.5 Å². The molecule has 5 rings (SSSR count). The minimum Gasteiger partial charge on any atom is -0.304 e. The molecular weight excluding hydrogens is 433 g/mol. The van der Waals surface area contributed by atoms with Crippen LogP contribution in [-0.4, -0.2) is 30.6 Å². The molecule has 1 atom stereocenters. The van der Waals surface area contributed by atoms with Crippen molar-refractivity contribution < 1.29 is 14.2 Å². The first-order valence-electron chi connectivity index (χ1n) is 11.1. The molecule has 2 amide bonds. The molecule has 0 aliphatic carbocycles. The van der Waals surface area contributed by atoms with E-state index < -0.39 is 13.1 Å². The van der Waals surface area contributed by atoms with Crippen LogP contribution >= 0.6 is 7.44 Å². The van der Waals surface area contributed by atoms with E-state index in [2.05, 4.69) is 0 Å². The van der Waals surface area contributed by atoms with Gasteiger partial charge in [0.2, 0.25) is 11.8 Å². The van der Waals surface area contributed by atoms with E-state index in [4.69, 9.17) is 0 Å². The molecule has 0 radical (unpaired) electrons. The van der Waals surface area contributed by atoms with Crippen LogP contribution in [0.2, 0.25) is 0 Å². The zero-order valence-electron chi connectivity index (χ0n) is 18.7. The highest BCUT2D eigenvalue weighted by Crippen LogP contribution is 2.65. The Morgan fingerprint density at radius 2 is 1.21 bits per heavy atom. The average molecular weight is 459 g/mol. The Labute approximate surface area is 193 Å². The van der Waals surface area contributed by atoms with Crippen molar-refractivity contribution in [3.63, 3.8) is 0 Å². The molecule has 0 N–H and O–H groups in total. The predicted octanol–water partition coefficient (Wildman–Crippen LogP) is 5.16. The molecule has 0 spiro atoms. The lowest BCUT2D eigenvalue weighted by Crippen LogP contribution is -2.36. The Bertz CT molecular complexity index is 1190. The summed E-state index contributed by atoms with van der Waals surface area (Å²) in [6, 6.07) is 24.7. The Morgan fingerprint density at radius 1 is 0.727 bits per heavy atom. The van der Waals surface area contributed by atoms with Crippen LogP contribution < -0.4 is 14.2 Å². The number of rotatable bonds is 4. The third-order valence-corrected chi connectivity index (χ3v) is 9.98. The van der Waals surface area contributed by atoms with Crippen molar-refractivity contribution in [1.82, 2.24) is 0 Å².